The molecule has 0 saturated heterocycles. The fourth-order valence-electron chi connectivity index (χ4n) is 4.23. The molecule has 8 nitrogen and oxygen atoms in total. The van der Waals surface area contributed by atoms with Gasteiger partial charge in [-0.05, 0) is 52.0 Å². The van der Waals surface area contributed by atoms with E-state index < -0.39 is 24.2 Å². The molecule has 3 aromatic rings. The van der Waals surface area contributed by atoms with Gasteiger partial charge in [0.15, 0.2) is 5.82 Å². The number of fused-ring (bicyclic) bond motifs is 1. The molecule has 5 N–H and O–H groups in total. The molecule has 14 heteroatoms. The summed E-state index contributed by atoms with van der Waals surface area (Å²) >= 11 is 1.30. The van der Waals surface area contributed by atoms with Crippen LogP contribution in [0, 0.1) is 12.8 Å². The number of aryl methyl sites for hydroxylation is 1. The van der Waals surface area contributed by atoms with Gasteiger partial charge < -0.3 is 21.5 Å². The van der Waals surface area contributed by atoms with Gasteiger partial charge in [0.2, 0.25) is 5.95 Å². The van der Waals surface area contributed by atoms with E-state index >= 15 is 0 Å². The van der Waals surface area contributed by atoms with E-state index in [9.17, 15) is 27.1 Å². The Labute approximate surface area is 207 Å². The fraction of sp³-hybridized carbons (Fsp3) is 0.545. The predicted octanol–water partition coefficient (Wildman–Crippen LogP) is 5.00. The van der Waals surface area contributed by atoms with Crippen LogP contribution in [0.1, 0.15) is 38.8 Å². The lowest BCUT2D eigenvalue weighted by Gasteiger charge is -2.26. The number of nitrogens with zero attached hydrogens (tertiary/aromatic N) is 4. The van der Waals surface area contributed by atoms with Gasteiger partial charge in [0.1, 0.15) is 16.3 Å². The summed E-state index contributed by atoms with van der Waals surface area (Å²) in [4.78, 5) is 17.0. The quantitative estimate of drug-likeness (QED) is 0.314. The number of pyridine rings is 1. The lowest BCUT2D eigenvalue weighted by Crippen LogP contribution is -2.42. The van der Waals surface area contributed by atoms with Crippen molar-refractivity contribution in [2.45, 2.75) is 63.8 Å². The van der Waals surface area contributed by atoms with Gasteiger partial charge in [-0.1, -0.05) is 0 Å². The van der Waals surface area contributed by atoms with E-state index in [-0.39, 0.29) is 29.5 Å². The second kappa shape index (κ2) is 9.21. The highest BCUT2D eigenvalue weighted by atomic mass is 32.1. The van der Waals surface area contributed by atoms with Crippen molar-refractivity contribution in [1.29, 1.82) is 0 Å². The molecule has 0 aromatic carbocycles. The summed E-state index contributed by atoms with van der Waals surface area (Å²) in [5.74, 6) is -4.83. The Hall–Kier alpha value is -2.87. The number of nitrogens with one attached hydrogen (secondary N) is 2. The fourth-order valence-corrected chi connectivity index (χ4v) is 5.30. The first-order valence-electron chi connectivity index (χ1n) is 11.2. The Bertz CT molecular complexity index is 1260. The number of halogens is 5. The van der Waals surface area contributed by atoms with Crippen molar-refractivity contribution in [2.75, 3.05) is 22.9 Å². The molecular weight excluding hydrogens is 505 g/mol. The first kappa shape index (κ1) is 26.2. The Morgan fingerprint density at radius 3 is 2.47 bits per heavy atom. The molecule has 4 rings (SSSR count). The second-order valence-corrected chi connectivity index (χ2v) is 10.5. The molecule has 0 bridgehead atoms. The van der Waals surface area contributed by atoms with Gasteiger partial charge in [0.25, 0.3) is 0 Å². The SMILES string of the molecule is Cc1nc(NCC(F)(F)C(F)(F)F)nc(NC2CC[C@H](C(C)(C)O)C2)c1-c1nc2c(N)nccc2s1. The maximum Gasteiger partial charge on any atom is 0.455 e. The van der Waals surface area contributed by atoms with Crippen LogP contribution in [0.5, 0.6) is 0 Å². The molecule has 3 aromatic heterocycles. The minimum atomic E-state index is -5.71. The van der Waals surface area contributed by atoms with E-state index in [1.165, 1.54) is 11.3 Å². The summed E-state index contributed by atoms with van der Waals surface area (Å²) in [6, 6.07) is 1.64. The molecule has 0 amide bonds. The van der Waals surface area contributed by atoms with Gasteiger partial charge in [0.05, 0.1) is 28.1 Å². The summed E-state index contributed by atoms with van der Waals surface area (Å²) in [5, 5.41) is 16.2. The molecule has 1 unspecified atom stereocenters. The van der Waals surface area contributed by atoms with Crippen molar-refractivity contribution in [3.63, 3.8) is 0 Å². The molecule has 1 aliphatic carbocycles. The Morgan fingerprint density at radius 1 is 1.14 bits per heavy atom. The normalized spacial score (nSPS) is 19.1. The number of hydrogen-bond donors (Lipinski definition) is 4. The van der Waals surface area contributed by atoms with Gasteiger partial charge in [-0.25, -0.2) is 15.0 Å². The second-order valence-electron chi connectivity index (χ2n) is 9.48. The maximum absolute atomic E-state index is 13.5. The molecule has 1 saturated carbocycles. The van der Waals surface area contributed by atoms with Crippen molar-refractivity contribution in [2.24, 2.45) is 5.92 Å². The van der Waals surface area contributed by atoms with Crippen LogP contribution >= 0.6 is 11.3 Å². The van der Waals surface area contributed by atoms with Crippen molar-refractivity contribution in [3.05, 3.63) is 18.0 Å². The van der Waals surface area contributed by atoms with E-state index in [0.717, 1.165) is 11.1 Å². The maximum atomic E-state index is 13.5. The largest absolute Gasteiger partial charge is 0.455 e. The van der Waals surface area contributed by atoms with Crippen LogP contribution in [0.2, 0.25) is 0 Å². The predicted molar refractivity (Wildman–Crippen MR) is 128 cm³/mol. The molecule has 2 atom stereocenters. The van der Waals surface area contributed by atoms with E-state index in [4.69, 9.17) is 5.73 Å². The molecular formula is C22H26F5N7OS. The van der Waals surface area contributed by atoms with E-state index in [1.54, 1.807) is 33.0 Å². The van der Waals surface area contributed by atoms with Crippen LogP contribution in [0.25, 0.3) is 20.8 Å². The van der Waals surface area contributed by atoms with Gasteiger partial charge in [-0.15, -0.1) is 11.3 Å². The number of rotatable bonds is 7. The Morgan fingerprint density at radius 2 is 1.86 bits per heavy atom. The molecule has 0 spiro atoms. The highest BCUT2D eigenvalue weighted by molar-refractivity contribution is 7.21. The number of aromatic nitrogens is 4. The third-order valence-corrected chi connectivity index (χ3v) is 7.33. The monoisotopic (exact) mass is 531 g/mol. The van der Waals surface area contributed by atoms with Gasteiger partial charge >= 0.3 is 12.1 Å². The van der Waals surface area contributed by atoms with Crippen molar-refractivity contribution < 1.29 is 27.1 Å². The zero-order valence-corrected chi connectivity index (χ0v) is 20.6. The summed E-state index contributed by atoms with van der Waals surface area (Å²) < 4.78 is 65.6. The summed E-state index contributed by atoms with van der Waals surface area (Å²) in [6.45, 7) is 3.37. The van der Waals surface area contributed by atoms with E-state index in [1.807, 2.05) is 5.32 Å². The minimum Gasteiger partial charge on any atom is -0.390 e. The molecule has 36 heavy (non-hydrogen) atoms. The number of nitrogens with two attached hydrogens (primary N) is 1. The molecule has 3 heterocycles. The molecule has 1 aliphatic rings. The van der Waals surface area contributed by atoms with Crippen molar-refractivity contribution >= 4 is 39.1 Å². The first-order chi connectivity index (χ1) is 16.7. The molecule has 1 fully saturated rings. The van der Waals surface area contributed by atoms with Gasteiger partial charge in [-0.2, -0.15) is 26.9 Å². The van der Waals surface area contributed by atoms with Crippen LogP contribution in [0.3, 0.4) is 0 Å². The summed E-state index contributed by atoms with van der Waals surface area (Å²) in [5.41, 5.74) is 6.35. The number of nitrogen functional groups attached to an aromatic ring is 1. The van der Waals surface area contributed by atoms with Gasteiger partial charge in [0, 0.05) is 12.2 Å². The van der Waals surface area contributed by atoms with Crippen LogP contribution in [0.4, 0.5) is 39.5 Å². The zero-order valence-electron chi connectivity index (χ0n) is 19.7. The van der Waals surface area contributed by atoms with Crippen molar-refractivity contribution in [1.82, 2.24) is 19.9 Å². The van der Waals surface area contributed by atoms with Crippen LogP contribution < -0.4 is 16.4 Å². The zero-order chi connectivity index (χ0) is 26.5. The van der Waals surface area contributed by atoms with E-state index in [0.29, 0.717) is 34.6 Å². The molecule has 196 valence electrons. The standard InChI is InChI=1S/C22H26F5N7OS/c1-10-14(18-33-15-13(36-18)6-7-29-16(15)28)17(32-12-5-4-11(8-12)20(2,3)35)34-19(31-10)30-9-21(23,24)22(25,26)27/h6-7,11-12,35H,4-5,8-9H2,1-3H3,(H2,28,29)(H2,30,31,32,34)/t11-,12?/m0/s1. The number of aliphatic hydroxyl groups is 1. The smallest absolute Gasteiger partial charge is 0.390 e. The highest BCUT2D eigenvalue weighted by Gasteiger charge is 2.57. The molecule has 0 aliphatic heterocycles. The topological polar surface area (TPSA) is 122 Å². The number of thiazole rings is 1. The average molecular weight is 532 g/mol. The van der Waals surface area contributed by atoms with Gasteiger partial charge in [-0.3, -0.25) is 0 Å². The summed E-state index contributed by atoms with van der Waals surface area (Å²) in [6.07, 6.45) is -2.07. The average Bonchev–Trinajstić information content (AvgIpc) is 3.39. The van der Waals surface area contributed by atoms with Crippen LogP contribution in [0.15, 0.2) is 12.3 Å². The third-order valence-electron chi connectivity index (χ3n) is 6.30. The molecule has 0 radical (unpaired) electrons. The highest BCUT2D eigenvalue weighted by Crippen LogP contribution is 2.40. The number of alkyl halides is 5. The lowest BCUT2D eigenvalue weighted by molar-refractivity contribution is -0.275. The van der Waals surface area contributed by atoms with Crippen LogP contribution in [-0.4, -0.2) is 55.3 Å². The Kier molecular flexibility index (Phi) is 6.71. The summed E-state index contributed by atoms with van der Waals surface area (Å²) in [7, 11) is 0. The lowest BCUT2D eigenvalue weighted by atomic mass is 9.89. The van der Waals surface area contributed by atoms with Crippen molar-refractivity contribution in [3.8, 4) is 10.6 Å². The third kappa shape index (κ3) is 5.28. The minimum absolute atomic E-state index is 0.0257. The number of hydrogen-bond acceptors (Lipinski definition) is 9. The van der Waals surface area contributed by atoms with E-state index in [2.05, 4.69) is 25.3 Å². The Balaban J connectivity index is 1.71. The van der Waals surface area contributed by atoms with Crippen LogP contribution in [-0.2, 0) is 0 Å². The number of anilines is 3. The first-order valence-corrected chi connectivity index (χ1v) is 12.0.